The van der Waals surface area contributed by atoms with Gasteiger partial charge in [0.2, 0.25) is 5.28 Å². The van der Waals surface area contributed by atoms with Gasteiger partial charge in [0.05, 0.1) is 10.9 Å². The van der Waals surface area contributed by atoms with Crippen molar-refractivity contribution in [2.45, 2.75) is 18.9 Å². The molecule has 0 saturated carbocycles. The maximum Gasteiger partial charge on any atom is 0.262 e. The molecule has 0 unspecified atom stereocenters. The number of hydrogen-bond acceptors (Lipinski definition) is 4. The lowest BCUT2D eigenvalue weighted by Gasteiger charge is -2.25. The van der Waals surface area contributed by atoms with Crippen molar-refractivity contribution in [1.29, 1.82) is 0 Å². The summed E-state index contributed by atoms with van der Waals surface area (Å²) in [6.07, 6.45) is 1.71. The molecular weight excluding hydrogens is 266 g/mol. The molecule has 2 heterocycles. The molecule has 1 saturated heterocycles. The van der Waals surface area contributed by atoms with Gasteiger partial charge in [-0.05, 0) is 55.7 Å². The van der Waals surface area contributed by atoms with Crippen molar-refractivity contribution in [1.82, 2.24) is 14.9 Å². The molecule has 3 rings (SSSR count). The second-order valence-corrected chi connectivity index (χ2v) is 5.08. The standard InChI is InChI=1S/C13H14ClN3O2/c14-13-16-11-2-1-9(18)7-10(11)12(19)17(13)8-3-5-15-6-4-8/h1-2,7-8,15,18H,3-6H2. The van der Waals surface area contributed by atoms with Gasteiger partial charge in [-0.2, -0.15) is 0 Å². The summed E-state index contributed by atoms with van der Waals surface area (Å²) < 4.78 is 1.55. The summed E-state index contributed by atoms with van der Waals surface area (Å²) >= 11 is 6.15. The highest BCUT2D eigenvalue weighted by Crippen LogP contribution is 2.23. The highest BCUT2D eigenvalue weighted by Gasteiger charge is 2.20. The van der Waals surface area contributed by atoms with E-state index in [1.165, 1.54) is 12.1 Å². The van der Waals surface area contributed by atoms with Crippen LogP contribution >= 0.6 is 11.6 Å². The van der Waals surface area contributed by atoms with Crippen LogP contribution in [0.25, 0.3) is 10.9 Å². The van der Waals surface area contributed by atoms with E-state index in [1.807, 2.05) is 0 Å². The Kier molecular flexibility index (Phi) is 3.16. The Morgan fingerprint density at radius 3 is 2.84 bits per heavy atom. The van der Waals surface area contributed by atoms with E-state index in [9.17, 15) is 9.90 Å². The number of nitrogens with one attached hydrogen (secondary N) is 1. The first-order valence-corrected chi connectivity index (χ1v) is 6.66. The van der Waals surface area contributed by atoms with Crippen LogP contribution in [-0.4, -0.2) is 27.7 Å². The third-order valence-electron chi connectivity index (χ3n) is 3.51. The van der Waals surface area contributed by atoms with Crippen LogP contribution in [0.3, 0.4) is 0 Å². The van der Waals surface area contributed by atoms with Gasteiger partial charge in [0.1, 0.15) is 5.75 Å². The summed E-state index contributed by atoms with van der Waals surface area (Å²) in [5, 5.41) is 13.4. The molecule has 1 fully saturated rings. The molecule has 0 bridgehead atoms. The number of halogens is 1. The van der Waals surface area contributed by atoms with E-state index in [-0.39, 0.29) is 22.6 Å². The second kappa shape index (κ2) is 4.83. The van der Waals surface area contributed by atoms with E-state index < -0.39 is 0 Å². The highest BCUT2D eigenvalue weighted by atomic mass is 35.5. The summed E-state index contributed by atoms with van der Waals surface area (Å²) in [5.74, 6) is 0.0607. The summed E-state index contributed by atoms with van der Waals surface area (Å²) in [7, 11) is 0. The topological polar surface area (TPSA) is 67.1 Å². The Labute approximate surface area is 114 Å². The van der Waals surface area contributed by atoms with E-state index in [1.54, 1.807) is 10.6 Å². The smallest absolute Gasteiger partial charge is 0.262 e. The van der Waals surface area contributed by atoms with E-state index in [4.69, 9.17) is 11.6 Å². The minimum absolute atomic E-state index is 0.0607. The number of aromatic nitrogens is 2. The number of benzene rings is 1. The van der Waals surface area contributed by atoms with Gasteiger partial charge in [-0.3, -0.25) is 9.36 Å². The normalized spacial score (nSPS) is 16.9. The number of hydrogen-bond donors (Lipinski definition) is 2. The van der Waals surface area contributed by atoms with Crippen LogP contribution in [0.4, 0.5) is 0 Å². The predicted octanol–water partition coefficient (Wildman–Crippen LogP) is 1.68. The fourth-order valence-electron chi connectivity index (χ4n) is 2.54. The third kappa shape index (κ3) is 2.19. The summed E-state index contributed by atoms with van der Waals surface area (Å²) in [6, 6.07) is 4.61. The molecule has 19 heavy (non-hydrogen) atoms. The molecule has 1 aliphatic heterocycles. The first-order chi connectivity index (χ1) is 9.16. The maximum atomic E-state index is 12.5. The van der Waals surface area contributed by atoms with Crippen LogP contribution < -0.4 is 10.9 Å². The van der Waals surface area contributed by atoms with Crippen LogP contribution in [0, 0.1) is 0 Å². The summed E-state index contributed by atoms with van der Waals surface area (Å²) in [5.41, 5.74) is 0.329. The first-order valence-electron chi connectivity index (χ1n) is 6.28. The lowest BCUT2D eigenvalue weighted by Crippen LogP contribution is -2.35. The van der Waals surface area contributed by atoms with Crippen molar-refractivity contribution in [3.05, 3.63) is 33.8 Å². The molecule has 1 aliphatic rings. The number of nitrogens with zero attached hydrogens (tertiary/aromatic N) is 2. The minimum atomic E-state index is -0.183. The fraction of sp³-hybridized carbons (Fsp3) is 0.385. The Morgan fingerprint density at radius 1 is 1.37 bits per heavy atom. The zero-order chi connectivity index (χ0) is 13.4. The van der Waals surface area contributed by atoms with Crippen molar-refractivity contribution in [2.24, 2.45) is 0 Å². The van der Waals surface area contributed by atoms with E-state index >= 15 is 0 Å². The summed E-state index contributed by atoms with van der Waals surface area (Å²) in [4.78, 5) is 16.8. The molecule has 0 spiro atoms. The van der Waals surface area contributed by atoms with Gasteiger partial charge < -0.3 is 10.4 Å². The van der Waals surface area contributed by atoms with Crippen LogP contribution in [0.2, 0.25) is 5.28 Å². The van der Waals surface area contributed by atoms with Crippen LogP contribution in [0.1, 0.15) is 18.9 Å². The van der Waals surface area contributed by atoms with Crippen molar-refractivity contribution < 1.29 is 5.11 Å². The van der Waals surface area contributed by atoms with Gasteiger partial charge >= 0.3 is 0 Å². The summed E-state index contributed by atoms with van der Waals surface area (Å²) in [6.45, 7) is 1.73. The van der Waals surface area contributed by atoms with Gasteiger partial charge in [0.15, 0.2) is 0 Å². The lowest BCUT2D eigenvalue weighted by molar-refractivity contribution is 0.360. The number of aromatic hydroxyl groups is 1. The van der Waals surface area contributed by atoms with E-state index in [0.29, 0.717) is 10.9 Å². The molecule has 1 aromatic heterocycles. The Hall–Kier alpha value is -1.59. The van der Waals surface area contributed by atoms with Gasteiger partial charge in [0, 0.05) is 6.04 Å². The molecule has 100 valence electrons. The van der Waals surface area contributed by atoms with E-state index in [2.05, 4.69) is 10.3 Å². The van der Waals surface area contributed by atoms with Crippen LogP contribution in [0.5, 0.6) is 5.75 Å². The zero-order valence-corrected chi connectivity index (χ0v) is 11.0. The van der Waals surface area contributed by atoms with Crippen molar-refractivity contribution in [3.63, 3.8) is 0 Å². The Bertz CT molecular complexity index is 677. The average molecular weight is 280 g/mol. The molecule has 6 heteroatoms. The quantitative estimate of drug-likeness (QED) is 0.780. The molecule has 0 radical (unpaired) electrons. The number of phenolic OH excluding ortho intramolecular Hbond substituents is 1. The number of piperidine rings is 1. The fourth-order valence-corrected chi connectivity index (χ4v) is 2.85. The first kappa shape index (κ1) is 12.4. The van der Waals surface area contributed by atoms with Crippen molar-refractivity contribution in [2.75, 3.05) is 13.1 Å². The van der Waals surface area contributed by atoms with Gasteiger partial charge in [0.25, 0.3) is 5.56 Å². The van der Waals surface area contributed by atoms with Gasteiger partial charge in [-0.1, -0.05) is 0 Å². The highest BCUT2D eigenvalue weighted by molar-refractivity contribution is 6.28. The third-order valence-corrected chi connectivity index (χ3v) is 3.78. The number of fused-ring (bicyclic) bond motifs is 1. The van der Waals surface area contributed by atoms with Crippen LogP contribution in [0.15, 0.2) is 23.0 Å². The largest absolute Gasteiger partial charge is 0.508 e. The lowest BCUT2D eigenvalue weighted by atomic mass is 10.1. The maximum absolute atomic E-state index is 12.5. The van der Waals surface area contributed by atoms with Crippen molar-refractivity contribution in [3.8, 4) is 5.75 Å². The molecule has 2 N–H and O–H groups in total. The molecule has 0 aliphatic carbocycles. The molecule has 0 atom stereocenters. The zero-order valence-electron chi connectivity index (χ0n) is 10.3. The molecule has 2 aromatic rings. The molecule has 5 nitrogen and oxygen atoms in total. The molecular formula is C13H14ClN3O2. The van der Waals surface area contributed by atoms with Gasteiger partial charge in [-0.25, -0.2) is 4.98 Å². The average Bonchev–Trinajstić information content (AvgIpc) is 2.41. The SMILES string of the molecule is O=c1c2cc(O)ccc2nc(Cl)n1C1CCNCC1. The monoisotopic (exact) mass is 279 g/mol. The number of phenols is 1. The number of rotatable bonds is 1. The Balaban J connectivity index is 2.21. The van der Waals surface area contributed by atoms with Crippen LogP contribution in [-0.2, 0) is 0 Å². The predicted molar refractivity (Wildman–Crippen MR) is 73.8 cm³/mol. The Morgan fingerprint density at radius 2 is 2.11 bits per heavy atom. The minimum Gasteiger partial charge on any atom is -0.508 e. The van der Waals surface area contributed by atoms with Gasteiger partial charge in [-0.15, -0.1) is 0 Å². The second-order valence-electron chi connectivity index (χ2n) is 4.74. The molecule has 1 aromatic carbocycles. The molecule has 0 amide bonds. The van der Waals surface area contributed by atoms with E-state index in [0.717, 1.165) is 25.9 Å². The van der Waals surface area contributed by atoms with Crippen molar-refractivity contribution >= 4 is 22.5 Å².